The number of methoxy groups -OCH3 is 1. The predicted octanol–water partition coefficient (Wildman–Crippen LogP) is 1.75. The molecule has 0 atom stereocenters. The predicted molar refractivity (Wildman–Crippen MR) is 69.6 cm³/mol. The molecule has 0 amide bonds. The highest BCUT2D eigenvalue weighted by Gasteiger charge is 2.11. The molecule has 2 aromatic heterocycles. The molecule has 0 spiro atoms. The Morgan fingerprint density at radius 3 is 2.89 bits per heavy atom. The zero-order chi connectivity index (χ0) is 13.4. The van der Waals surface area contributed by atoms with Gasteiger partial charge in [-0.1, -0.05) is 0 Å². The number of carbonyl (C=O) groups is 1. The zero-order valence-corrected chi connectivity index (χ0v) is 10.5. The van der Waals surface area contributed by atoms with Crippen molar-refractivity contribution in [2.75, 3.05) is 7.11 Å². The summed E-state index contributed by atoms with van der Waals surface area (Å²) < 4.78 is 6.40. The summed E-state index contributed by atoms with van der Waals surface area (Å²) in [6.07, 6.45) is 1.85. The Morgan fingerprint density at radius 1 is 1.37 bits per heavy atom. The highest BCUT2D eigenvalue weighted by Crippen LogP contribution is 2.20. The number of aromatic nitrogens is 4. The molecule has 1 aromatic carbocycles. The number of imidazole rings is 1. The molecule has 2 heterocycles. The van der Waals surface area contributed by atoms with Crippen LogP contribution in [0.1, 0.15) is 10.4 Å². The van der Waals surface area contributed by atoms with E-state index in [2.05, 4.69) is 15.1 Å². The molecule has 96 valence electrons. The van der Waals surface area contributed by atoms with Gasteiger partial charge in [-0.25, -0.2) is 9.78 Å². The number of H-pyrrole nitrogens is 1. The van der Waals surface area contributed by atoms with Gasteiger partial charge in [0, 0.05) is 13.2 Å². The molecule has 6 nitrogen and oxygen atoms in total. The van der Waals surface area contributed by atoms with E-state index in [1.165, 1.54) is 7.11 Å². The lowest BCUT2D eigenvalue weighted by Gasteiger charge is -1.97. The van der Waals surface area contributed by atoms with Crippen LogP contribution in [0, 0.1) is 0 Å². The number of esters is 1. The topological polar surface area (TPSA) is 72.8 Å². The van der Waals surface area contributed by atoms with Crippen molar-refractivity contribution >= 4 is 17.0 Å². The minimum Gasteiger partial charge on any atom is -0.465 e. The van der Waals surface area contributed by atoms with E-state index in [9.17, 15) is 4.79 Å². The van der Waals surface area contributed by atoms with Gasteiger partial charge in [0.2, 0.25) is 0 Å². The third kappa shape index (κ3) is 1.97. The second kappa shape index (κ2) is 4.24. The Bertz CT molecular complexity index is 757. The number of nitrogens with one attached hydrogen (secondary N) is 1. The highest BCUT2D eigenvalue weighted by molar-refractivity contribution is 5.94. The largest absolute Gasteiger partial charge is 0.465 e. The summed E-state index contributed by atoms with van der Waals surface area (Å²) >= 11 is 0. The van der Waals surface area contributed by atoms with Crippen molar-refractivity contribution < 1.29 is 9.53 Å². The van der Waals surface area contributed by atoms with Crippen molar-refractivity contribution in [1.82, 2.24) is 19.7 Å². The zero-order valence-electron chi connectivity index (χ0n) is 10.5. The van der Waals surface area contributed by atoms with Crippen LogP contribution < -0.4 is 0 Å². The lowest BCUT2D eigenvalue weighted by Crippen LogP contribution is -2.00. The fourth-order valence-corrected chi connectivity index (χ4v) is 1.92. The average molecular weight is 256 g/mol. The van der Waals surface area contributed by atoms with Gasteiger partial charge >= 0.3 is 5.97 Å². The first kappa shape index (κ1) is 11.5. The van der Waals surface area contributed by atoms with Crippen molar-refractivity contribution in [1.29, 1.82) is 0 Å². The highest BCUT2D eigenvalue weighted by atomic mass is 16.5. The minimum atomic E-state index is -0.365. The lowest BCUT2D eigenvalue weighted by atomic mass is 10.2. The van der Waals surface area contributed by atoms with Gasteiger partial charge in [0.05, 0.1) is 23.7 Å². The first-order valence-electron chi connectivity index (χ1n) is 5.75. The molecule has 0 fully saturated rings. The van der Waals surface area contributed by atoms with E-state index in [0.717, 1.165) is 16.7 Å². The van der Waals surface area contributed by atoms with E-state index in [1.54, 1.807) is 22.9 Å². The van der Waals surface area contributed by atoms with E-state index in [1.807, 2.05) is 19.3 Å². The fraction of sp³-hybridized carbons (Fsp3) is 0.154. The van der Waals surface area contributed by atoms with Crippen LogP contribution in [0.2, 0.25) is 0 Å². The van der Waals surface area contributed by atoms with E-state index in [-0.39, 0.29) is 5.97 Å². The maximum Gasteiger partial charge on any atom is 0.337 e. The van der Waals surface area contributed by atoms with Gasteiger partial charge in [0.1, 0.15) is 5.69 Å². The fourth-order valence-electron chi connectivity index (χ4n) is 1.92. The molecular formula is C13H12N4O2. The van der Waals surface area contributed by atoms with Crippen LogP contribution in [-0.4, -0.2) is 32.8 Å². The number of aromatic amines is 1. The van der Waals surface area contributed by atoms with E-state index in [4.69, 9.17) is 4.74 Å². The van der Waals surface area contributed by atoms with E-state index in [0.29, 0.717) is 11.4 Å². The van der Waals surface area contributed by atoms with Gasteiger partial charge in [-0.15, -0.1) is 0 Å². The standard InChI is InChI=1S/C13H12N4O2/c1-17-6-5-10(16-17)12-14-9-4-3-8(13(18)19-2)7-11(9)15-12/h3-7H,1-2H3,(H,14,15). The molecule has 3 rings (SSSR count). The number of hydrogen-bond donors (Lipinski definition) is 1. The second-order valence-corrected chi connectivity index (χ2v) is 4.18. The van der Waals surface area contributed by atoms with Gasteiger partial charge in [0.15, 0.2) is 5.82 Å². The molecule has 19 heavy (non-hydrogen) atoms. The Hall–Kier alpha value is -2.63. The number of rotatable bonds is 2. The summed E-state index contributed by atoms with van der Waals surface area (Å²) in [5, 5.41) is 4.28. The van der Waals surface area contributed by atoms with Crippen molar-refractivity contribution in [2.45, 2.75) is 0 Å². The Labute approximate surface area is 109 Å². The normalized spacial score (nSPS) is 10.8. The van der Waals surface area contributed by atoms with Gasteiger partial charge in [-0.2, -0.15) is 5.10 Å². The van der Waals surface area contributed by atoms with E-state index >= 15 is 0 Å². The van der Waals surface area contributed by atoms with Crippen LogP contribution >= 0.6 is 0 Å². The molecule has 0 saturated carbocycles. The maximum atomic E-state index is 11.5. The van der Waals surface area contributed by atoms with Crippen LogP contribution in [0.5, 0.6) is 0 Å². The Balaban J connectivity index is 2.08. The summed E-state index contributed by atoms with van der Waals surface area (Å²) in [6.45, 7) is 0. The first-order chi connectivity index (χ1) is 9.17. The maximum absolute atomic E-state index is 11.5. The summed E-state index contributed by atoms with van der Waals surface area (Å²) in [5.41, 5.74) is 2.82. The SMILES string of the molecule is COC(=O)c1ccc2nc(-c3ccn(C)n3)[nH]c2c1. The number of ether oxygens (including phenoxy) is 1. The van der Waals surface area contributed by atoms with Gasteiger partial charge in [0.25, 0.3) is 0 Å². The van der Waals surface area contributed by atoms with E-state index < -0.39 is 0 Å². The van der Waals surface area contributed by atoms with Crippen molar-refractivity contribution in [3.63, 3.8) is 0 Å². The summed E-state index contributed by atoms with van der Waals surface area (Å²) in [6, 6.07) is 7.07. The summed E-state index contributed by atoms with van der Waals surface area (Å²) in [7, 11) is 3.21. The molecule has 0 aliphatic carbocycles. The van der Waals surface area contributed by atoms with Crippen LogP contribution in [0.15, 0.2) is 30.5 Å². The molecule has 0 bridgehead atoms. The van der Waals surface area contributed by atoms with Gasteiger partial charge in [-0.05, 0) is 24.3 Å². The third-order valence-electron chi connectivity index (χ3n) is 2.86. The molecular weight excluding hydrogens is 244 g/mol. The molecule has 0 radical (unpaired) electrons. The molecule has 0 saturated heterocycles. The minimum absolute atomic E-state index is 0.365. The number of carbonyl (C=O) groups excluding carboxylic acids is 1. The summed E-state index contributed by atoms with van der Waals surface area (Å²) in [4.78, 5) is 19.1. The third-order valence-corrected chi connectivity index (χ3v) is 2.86. The number of fused-ring (bicyclic) bond motifs is 1. The molecule has 0 aliphatic rings. The quantitative estimate of drug-likeness (QED) is 0.709. The first-order valence-corrected chi connectivity index (χ1v) is 5.75. The van der Waals surface area contributed by atoms with Crippen LogP contribution in [0.25, 0.3) is 22.6 Å². The van der Waals surface area contributed by atoms with Gasteiger partial charge in [-0.3, -0.25) is 4.68 Å². The smallest absolute Gasteiger partial charge is 0.337 e. The monoisotopic (exact) mass is 256 g/mol. The number of aryl methyl sites for hydroxylation is 1. The number of nitrogens with zero attached hydrogens (tertiary/aromatic N) is 3. The molecule has 6 heteroatoms. The van der Waals surface area contributed by atoms with Crippen molar-refractivity contribution in [3.8, 4) is 11.5 Å². The van der Waals surface area contributed by atoms with Gasteiger partial charge < -0.3 is 9.72 Å². The molecule has 3 aromatic rings. The Kier molecular flexibility index (Phi) is 2.56. The molecule has 0 aliphatic heterocycles. The molecule has 0 unspecified atom stereocenters. The summed E-state index contributed by atoms with van der Waals surface area (Å²) in [5.74, 6) is 0.313. The van der Waals surface area contributed by atoms with Crippen LogP contribution in [0.3, 0.4) is 0 Å². The number of hydrogen-bond acceptors (Lipinski definition) is 4. The molecule has 1 N–H and O–H groups in total. The lowest BCUT2D eigenvalue weighted by molar-refractivity contribution is 0.0601. The van der Waals surface area contributed by atoms with Crippen molar-refractivity contribution in [3.05, 3.63) is 36.0 Å². The van der Waals surface area contributed by atoms with Crippen LogP contribution in [-0.2, 0) is 11.8 Å². The Morgan fingerprint density at radius 2 is 2.21 bits per heavy atom. The average Bonchev–Trinajstić information content (AvgIpc) is 3.02. The number of benzene rings is 1. The second-order valence-electron chi connectivity index (χ2n) is 4.18. The van der Waals surface area contributed by atoms with Crippen LogP contribution in [0.4, 0.5) is 0 Å². The van der Waals surface area contributed by atoms with Crippen molar-refractivity contribution in [2.24, 2.45) is 7.05 Å².